The first-order valence-electron chi connectivity index (χ1n) is 7.60. The second kappa shape index (κ2) is 8.10. The predicted molar refractivity (Wildman–Crippen MR) is 112 cm³/mol. The Morgan fingerprint density at radius 2 is 1.88 bits per heavy atom. The molecule has 0 radical (unpaired) electrons. The number of halogens is 1. The molecule has 0 bridgehead atoms. The molecule has 0 aliphatic rings. The summed E-state index contributed by atoms with van der Waals surface area (Å²) in [7, 11) is 0. The summed E-state index contributed by atoms with van der Waals surface area (Å²) in [6.45, 7) is 4.69. The van der Waals surface area contributed by atoms with Gasteiger partial charge >= 0.3 is 0 Å². The van der Waals surface area contributed by atoms with Gasteiger partial charge in [0.15, 0.2) is 5.96 Å². The van der Waals surface area contributed by atoms with Crippen LogP contribution in [0.3, 0.4) is 0 Å². The van der Waals surface area contributed by atoms with Crippen molar-refractivity contribution in [2.24, 2.45) is 10.7 Å². The molecule has 2 aromatic carbocycles. The topological polar surface area (TPSA) is 63.3 Å². The standard InChI is InChI=1S/C19H20N4.HI/c1-13-7-8-16(11-14(13)2)23-19(20)22-12-15-9-10-21-18-6-4-3-5-17(15)18;/h3-11H,12H2,1-2H3,(H3,20,22,23);1H. The van der Waals surface area contributed by atoms with Gasteiger partial charge in [-0.25, -0.2) is 4.99 Å². The molecule has 3 N–H and O–H groups in total. The van der Waals surface area contributed by atoms with Gasteiger partial charge in [0.2, 0.25) is 0 Å². The number of guanidine groups is 1. The van der Waals surface area contributed by atoms with Crippen LogP contribution in [0.4, 0.5) is 5.69 Å². The van der Waals surface area contributed by atoms with Crippen LogP contribution in [-0.2, 0) is 6.54 Å². The zero-order valence-corrected chi connectivity index (χ0v) is 16.1. The van der Waals surface area contributed by atoms with Crippen LogP contribution in [0.2, 0.25) is 0 Å². The van der Waals surface area contributed by atoms with Crippen molar-refractivity contribution >= 4 is 46.5 Å². The van der Waals surface area contributed by atoms with Gasteiger partial charge in [-0.05, 0) is 54.8 Å². The van der Waals surface area contributed by atoms with Gasteiger partial charge in [0.1, 0.15) is 0 Å². The summed E-state index contributed by atoms with van der Waals surface area (Å²) < 4.78 is 0. The third-order valence-electron chi connectivity index (χ3n) is 3.94. The smallest absolute Gasteiger partial charge is 0.193 e. The maximum Gasteiger partial charge on any atom is 0.193 e. The second-order valence-corrected chi connectivity index (χ2v) is 5.61. The molecule has 3 aromatic rings. The highest BCUT2D eigenvalue weighted by Crippen LogP contribution is 2.17. The Kier molecular flexibility index (Phi) is 6.14. The van der Waals surface area contributed by atoms with E-state index >= 15 is 0 Å². The number of nitrogens with zero attached hydrogens (tertiary/aromatic N) is 2. The normalized spacial score (nSPS) is 11.2. The Morgan fingerprint density at radius 1 is 1.08 bits per heavy atom. The van der Waals surface area contributed by atoms with Crippen molar-refractivity contribution in [3.63, 3.8) is 0 Å². The van der Waals surface area contributed by atoms with Crippen LogP contribution in [0.25, 0.3) is 10.9 Å². The molecule has 0 spiro atoms. The maximum absolute atomic E-state index is 6.01. The number of nitrogens with two attached hydrogens (primary N) is 1. The highest BCUT2D eigenvalue weighted by molar-refractivity contribution is 14.0. The number of hydrogen-bond acceptors (Lipinski definition) is 2. The molecule has 1 heterocycles. The number of rotatable bonds is 3. The third kappa shape index (κ3) is 4.23. The Balaban J connectivity index is 0.00000208. The largest absolute Gasteiger partial charge is 0.370 e. The molecule has 0 fully saturated rings. The minimum atomic E-state index is 0. The van der Waals surface area contributed by atoms with E-state index in [9.17, 15) is 0 Å². The van der Waals surface area contributed by atoms with Crippen molar-refractivity contribution in [3.8, 4) is 0 Å². The quantitative estimate of drug-likeness (QED) is 0.367. The molecule has 24 heavy (non-hydrogen) atoms. The molecule has 0 saturated heterocycles. The fourth-order valence-corrected chi connectivity index (χ4v) is 2.47. The SMILES string of the molecule is Cc1ccc(NC(N)=NCc2ccnc3ccccc23)cc1C.I. The number of pyridine rings is 1. The highest BCUT2D eigenvalue weighted by atomic mass is 127. The average molecular weight is 432 g/mol. The molecule has 124 valence electrons. The zero-order chi connectivity index (χ0) is 16.2. The van der Waals surface area contributed by atoms with Crippen molar-refractivity contribution in [1.82, 2.24) is 4.98 Å². The van der Waals surface area contributed by atoms with Crippen molar-refractivity contribution in [1.29, 1.82) is 0 Å². The minimum Gasteiger partial charge on any atom is -0.370 e. The number of aromatic nitrogens is 1. The Bertz CT molecular complexity index is 869. The Morgan fingerprint density at radius 3 is 2.67 bits per heavy atom. The summed E-state index contributed by atoms with van der Waals surface area (Å²) in [5, 5.41) is 4.25. The molecule has 4 nitrogen and oxygen atoms in total. The van der Waals surface area contributed by atoms with Crippen LogP contribution >= 0.6 is 24.0 Å². The van der Waals surface area contributed by atoms with Crippen LogP contribution in [0, 0.1) is 13.8 Å². The lowest BCUT2D eigenvalue weighted by Crippen LogP contribution is -2.22. The van der Waals surface area contributed by atoms with Gasteiger partial charge in [0.05, 0.1) is 12.1 Å². The van der Waals surface area contributed by atoms with Crippen LogP contribution in [0.1, 0.15) is 16.7 Å². The lowest BCUT2D eigenvalue weighted by atomic mass is 10.1. The first-order valence-corrected chi connectivity index (χ1v) is 7.60. The van der Waals surface area contributed by atoms with Gasteiger partial charge in [0, 0.05) is 17.3 Å². The van der Waals surface area contributed by atoms with Gasteiger partial charge < -0.3 is 11.1 Å². The molecule has 0 saturated carbocycles. The second-order valence-electron chi connectivity index (χ2n) is 5.61. The molecule has 0 atom stereocenters. The number of benzene rings is 2. The van der Waals surface area contributed by atoms with Gasteiger partial charge in [-0.1, -0.05) is 24.3 Å². The van der Waals surface area contributed by atoms with Gasteiger partial charge in [-0.2, -0.15) is 0 Å². The van der Waals surface area contributed by atoms with E-state index in [0.29, 0.717) is 12.5 Å². The minimum absolute atomic E-state index is 0. The number of hydrogen-bond donors (Lipinski definition) is 2. The zero-order valence-electron chi connectivity index (χ0n) is 13.8. The van der Waals surface area contributed by atoms with E-state index in [4.69, 9.17) is 5.73 Å². The van der Waals surface area contributed by atoms with Crippen LogP contribution in [0.5, 0.6) is 0 Å². The Labute approximate surface area is 159 Å². The summed E-state index contributed by atoms with van der Waals surface area (Å²) in [6.07, 6.45) is 1.81. The lowest BCUT2D eigenvalue weighted by molar-refractivity contribution is 1.07. The monoisotopic (exact) mass is 432 g/mol. The van der Waals surface area contributed by atoms with E-state index in [1.54, 1.807) is 6.20 Å². The van der Waals surface area contributed by atoms with Gasteiger partial charge in [-0.15, -0.1) is 24.0 Å². The van der Waals surface area contributed by atoms with E-state index < -0.39 is 0 Å². The van der Waals surface area contributed by atoms with E-state index in [1.807, 2.05) is 30.3 Å². The van der Waals surface area contributed by atoms with E-state index in [1.165, 1.54) is 11.1 Å². The van der Waals surface area contributed by atoms with Gasteiger partial charge in [0.25, 0.3) is 0 Å². The van der Waals surface area contributed by atoms with E-state index in [2.05, 4.69) is 47.3 Å². The summed E-state index contributed by atoms with van der Waals surface area (Å²) in [4.78, 5) is 8.81. The number of nitrogens with one attached hydrogen (secondary N) is 1. The third-order valence-corrected chi connectivity index (χ3v) is 3.94. The molecule has 0 amide bonds. The molecule has 5 heteroatoms. The van der Waals surface area contributed by atoms with Crippen molar-refractivity contribution in [2.75, 3.05) is 5.32 Å². The molecule has 0 aliphatic heterocycles. The average Bonchev–Trinajstić information content (AvgIpc) is 2.56. The van der Waals surface area contributed by atoms with E-state index in [-0.39, 0.29) is 24.0 Å². The van der Waals surface area contributed by atoms with Gasteiger partial charge in [-0.3, -0.25) is 4.98 Å². The molecule has 0 unspecified atom stereocenters. The fourth-order valence-electron chi connectivity index (χ4n) is 2.47. The first-order chi connectivity index (χ1) is 11.1. The maximum atomic E-state index is 6.01. The molecular formula is C19H21IN4. The van der Waals surface area contributed by atoms with Crippen molar-refractivity contribution < 1.29 is 0 Å². The number of aliphatic imine (C=N–C) groups is 1. The molecular weight excluding hydrogens is 411 g/mol. The predicted octanol–water partition coefficient (Wildman–Crippen LogP) is 4.40. The highest BCUT2D eigenvalue weighted by Gasteiger charge is 2.02. The van der Waals surface area contributed by atoms with Crippen LogP contribution in [-0.4, -0.2) is 10.9 Å². The van der Waals surface area contributed by atoms with E-state index in [0.717, 1.165) is 22.2 Å². The van der Waals surface area contributed by atoms with Crippen molar-refractivity contribution in [2.45, 2.75) is 20.4 Å². The fraction of sp³-hybridized carbons (Fsp3) is 0.158. The number of para-hydroxylation sites is 1. The number of fused-ring (bicyclic) bond motifs is 1. The molecule has 1 aromatic heterocycles. The molecule has 3 rings (SSSR count). The summed E-state index contributed by atoms with van der Waals surface area (Å²) >= 11 is 0. The first kappa shape index (κ1) is 18.2. The number of aryl methyl sites for hydroxylation is 2. The Hall–Kier alpha value is -2.15. The summed E-state index contributed by atoms with van der Waals surface area (Å²) in [5.74, 6) is 0.411. The number of anilines is 1. The van der Waals surface area contributed by atoms with Crippen LogP contribution < -0.4 is 11.1 Å². The summed E-state index contributed by atoms with van der Waals surface area (Å²) in [6, 6.07) is 16.2. The van der Waals surface area contributed by atoms with Crippen LogP contribution in [0.15, 0.2) is 59.7 Å². The van der Waals surface area contributed by atoms with Crippen molar-refractivity contribution in [3.05, 3.63) is 71.4 Å². The lowest BCUT2D eigenvalue weighted by Gasteiger charge is -2.08. The molecule has 0 aliphatic carbocycles. The summed E-state index contributed by atoms with van der Waals surface area (Å²) in [5.41, 5.74) is 11.5.